The van der Waals surface area contributed by atoms with Crippen LogP contribution in [0, 0.1) is 22.7 Å². The number of carbonyl (C=O) groups is 2. The zero-order chi connectivity index (χ0) is 33.8. The Labute approximate surface area is 284 Å². The monoisotopic (exact) mass is 690 g/mol. The normalized spacial score (nSPS) is 11.3. The lowest BCUT2D eigenvalue weighted by Crippen LogP contribution is -2.35. The molecule has 242 valence electrons. The van der Waals surface area contributed by atoms with Crippen molar-refractivity contribution >= 4 is 52.4 Å². The largest absolute Gasteiger partial charge is 0.490 e. The first-order chi connectivity index (χ1) is 22.7. The minimum atomic E-state index is -0.939. The van der Waals surface area contributed by atoms with Gasteiger partial charge in [0.15, 0.2) is 0 Å². The highest BCUT2D eigenvalue weighted by Crippen LogP contribution is 2.37. The molecule has 1 amide bonds. The summed E-state index contributed by atoms with van der Waals surface area (Å²) in [6.07, 6.45) is 0.226. The zero-order valence-corrected chi connectivity index (χ0v) is 27.5. The number of benzene rings is 2. The highest BCUT2D eigenvalue weighted by atomic mass is 35.5. The molecule has 0 unspecified atom stereocenters. The van der Waals surface area contributed by atoms with E-state index in [0.29, 0.717) is 45.8 Å². The summed E-state index contributed by atoms with van der Waals surface area (Å²) in [6.45, 7) is 0.687. The van der Waals surface area contributed by atoms with E-state index in [9.17, 15) is 20.1 Å². The van der Waals surface area contributed by atoms with E-state index in [1.165, 1.54) is 23.1 Å². The molecule has 7 N–H and O–H groups in total. The number of halogens is 1. The van der Waals surface area contributed by atoms with Gasteiger partial charge in [-0.3, -0.25) is 9.59 Å². The third kappa shape index (κ3) is 9.65. The summed E-state index contributed by atoms with van der Waals surface area (Å²) in [6, 6.07) is 17.5. The molecule has 0 saturated carbocycles. The number of nitriles is 2. The second kappa shape index (κ2) is 17.3. The number of carbonyl (C=O) groups excluding carboxylic acids is 2. The van der Waals surface area contributed by atoms with Gasteiger partial charge in [-0.2, -0.15) is 10.5 Å². The predicted octanol–water partition coefficient (Wildman–Crippen LogP) is 4.25. The van der Waals surface area contributed by atoms with Crippen molar-refractivity contribution in [3.8, 4) is 39.6 Å². The Bertz CT molecular complexity index is 1790. The van der Waals surface area contributed by atoms with Crippen LogP contribution >= 0.6 is 34.7 Å². The van der Waals surface area contributed by atoms with E-state index in [0.717, 1.165) is 16.3 Å². The quantitative estimate of drug-likeness (QED) is 0.0782. The number of thiazole rings is 1. The first-order valence-electron chi connectivity index (χ1n) is 14.3. The number of nitrogen functional groups attached to an aromatic ring is 1. The number of thioether (sulfide) groups is 1. The predicted molar refractivity (Wildman–Crippen MR) is 181 cm³/mol. The van der Waals surface area contributed by atoms with Gasteiger partial charge >= 0.3 is 5.97 Å². The number of hydrogen-bond donors (Lipinski definition) is 4. The smallest absolute Gasteiger partial charge is 0.323 e. The van der Waals surface area contributed by atoms with E-state index < -0.39 is 12.0 Å². The summed E-state index contributed by atoms with van der Waals surface area (Å²) in [7, 11) is 0. The van der Waals surface area contributed by atoms with Gasteiger partial charge in [0, 0.05) is 46.8 Å². The molecule has 0 bridgehead atoms. The van der Waals surface area contributed by atoms with Gasteiger partial charge in [0.05, 0.1) is 11.3 Å². The molecule has 2 heterocycles. The number of esters is 1. The fourth-order valence-corrected chi connectivity index (χ4v) is 6.21. The molecular weight excluding hydrogens is 660 g/mol. The van der Waals surface area contributed by atoms with E-state index >= 15 is 0 Å². The third-order valence-electron chi connectivity index (χ3n) is 6.61. The van der Waals surface area contributed by atoms with Crippen LogP contribution in [0.1, 0.15) is 29.7 Å². The minimum absolute atomic E-state index is 0.0145. The molecule has 0 radical (unpaired) electrons. The number of anilines is 1. The molecule has 4 aromatic rings. The number of amides is 1. The maximum atomic E-state index is 12.1. The molecule has 2 aromatic heterocycles. The molecule has 2 aromatic carbocycles. The van der Waals surface area contributed by atoms with Crippen molar-refractivity contribution in [1.82, 2.24) is 15.3 Å². The Morgan fingerprint density at radius 2 is 1.72 bits per heavy atom. The maximum absolute atomic E-state index is 12.1. The highest BCUT2D eigenvalue weighted by molar-refractivity contribution is 7.98. The number of aromatic nitrogens is 2. The van der Waals surface area contributed by atoms with E-state index in [4.69, 9.17) is 43.3 Å². The van der Waals surface area contributed by atoms with Gasteiger partial charge in [0.25, 0.3) is 0 Å². The number of pyridine rings is 1. The molecule has 0 aliphatic rings. The van der Waals surface area contributed by atoms with Crippen molar-refractivity contribution < 1.29 is 19.1 Å². The van der Waals surface area contributed by atoms with E-state index in [1.807, 2.05) is 29.6 Å². The third-order valence-corrected chi connectivity index (χ3v) is 8.81. The maximum Gasteiger partial charge on any atom is 0.323 e. The second-order valence-corrected chi connectivity index (χ2v) is 12.2. The average molecular weight is 691 g/mol. The molecule has 4 rings (SSSR count). The Kier molecular flexibility index (Phi) is 12.9. The van der Waals surface area contributed by atoms with Crippen molar-refractivity contribution in [2.45, 2.75) is 29.7 Å². The van der Waals surface area contributed by atoms with Crippen LogP contribution in [-0.4, -0.2) is 54.2 Å². The summed E-state index contributed by atoms with van der Waals surface area (Å²) in [5, 5.41) is 26.4. The van der Waals surface area contributed by atoms with E-state index in [-0.39, 0.29) is 48.9 Å². The highest BCUT2D eigenvalue weighted by Gasteiger charge is 2.21. The standard InChI is InChI=1S/C32H31ClN8O4S2/c33-21-5-1-20(2-6-21)30-40-22(17-46-30)18-47-31-25(16-36)28(24(15-35)29(38)41-31)19-3-7-23(8-4-19)44-13-14-45-32(43)26(37)9-10-27(42)39-12-11-34/h1-8,17,26H,9-14,18,34,37H2,(H2,38,41)(H,39,42)/t26-/m0/s1. The van der Waals surface area contributed by atoms with Crippen molar-refractivity contribution in [3.05, 3.63) is 75.8 Å². The average Bonchev–Trinajstić information content (AvgIpc) is 3.56. The van der Waals surface area contributed by atoms with Crippen molar-refractivity contribution in [2.75, 3.05) is 32.0 Å². The zero-order valence-electron chi connectivity index (χ0n) is 25.1. The number of nitrogens with zero attached hydrogens (tertiary/aromatic N) is 4. The van der Waals surface area contributed by atoms with Crippen molar-refractivity contribution in [3.63, 3.8) is 0 Å². The SMILES string of the molecule is N#Cc1c(N)nc(SCc2csc(-c3ccc(Cl)cc3)n2)c(C#N)c1-c1ccc(OCCOC(=O)[C@@H](N)CCC(=O)NCCN)cc1. The van der Waals surface area contributed by atoms with Crippen LogP contribution in [-0.2, 0) is 20.1 Å². The molecule has 15 heteroatoms. The lowest BCUT2D eigenvalue weighted by Gasteiger charge is -2.14. The second-order valence-electron chi connectivity index (χ2n) is 9.91. The van der Waals surface area contributed by atoms with E-state index in [1.54, 1.807) is 24.3 Å². The lowest BCUT2D eigenvalue weighted by atomic mass is 9.97. The van der Waals surface area contributed by atoms with Crippen molar-refractivity contribution in [2.24, 2.45) is 11.5 Å². The number of ether oxygens (including phenoxy) is 2. The van der Waals surface area contributed by atoms with Gasteiger partial charge < -0.3 is 32.0 Å². The van der Waals surface area contributed by atoms with Gasteiger partial charge in [-0.05, 0) is 36.2 Å². The minimum Gasteiger partial charge on any atom is -0.490 e. The molecule has 0 spiro atoms. The Morgan fingerprint density at radius 1 is 1.02 bits per heavy atom. The molecule has 12 nitrogen and oxygen atoms in total. The fourth-order valence-electron chi connectivity index (χ4n) is 4.26. The number of nitrogens with two attached hydrogens (primary N) is 3. The Balaban J connectivity index is 1.38. The van der Waals surface area contributed by atoms with Crippen LogP contribution in [0.5, 0.6) is 5.75 Å². The van der Waals surface area contributed by atoms with Crippen LogP contribution in [0.2, 0.25) is 5.02 Å². The van der Waals surface area contributed by atoms with Gasteiger partial charge in [-0.1, -0.05) is 47.6 Å². The summed E-state index contributed by atoms with van der Waals surface area (Å²) in [5.74, 6) is 0.0474. The number of hydrogen-bond acceptors (Lipinski definition) is 13. The molecular formula is C32H31ClN8O4S2. The van der Waals surface area contributed by atoms with Crippen LogP contribution in [0.3, 0.4) is 0 Å². The van der Waals surface area contributed by atoms with Gasteiger partial charge in [-0.15, -0.1) is 11.3 Å². The Morgan fingerprint density at radius 3 is 2.40 bits per heavy atom. The molecule has 47 heavy (non-hydrogen) atoms. The van der Waals surface area contributed by atoms with Gasteiger partial charge in [0.2, 0.25) is 5.91 Å². The van der Waals surface area contributed by atoms with Gasteiger partial charge in [-0.25, -0.2) is 9.97 Å². The molecule has 0 aliphatic heterocycles. The summed E-state index contributed by atoms with van der Waals surface area (Å²) < 4.78 is 10.8. The number of rotatable bonds is 15. The molecule has 0 fully saturated rings. The van der Waals surface area contributed by atoms with Crippen LogP contribution in [0.15, 0.2) is 58.9 Å². The number of nitrogens with one attached hydrogen (secondary N) is 1. The fraction of sp³-hybridized carbons (Fsp3) is 0.250. The lowest BCUT2D eigenvalue weighted by molar-refractivity contribution is -0.146. The van der Waals surface area contributed by atoms with Crippen molar-refractivity contribution in [1.29, 1.82) is 10.5 Å². The topological polar surface area (TPSA) is 216 Å². The molecule has 0 saturated heterocycles. The van der Waals surface area contributed by atoms with Crippen LogP contribution in [0.25, 0.3) is 21.7 Å². The molecule has 0 aliphatic carbocycles. The summed E-state index contributed by atoms with van der Waals surface area (Å²) in [5.41, 5.74) is 20.4. The molecule has 1 atom stereocenters. The van der Waals surface area contributed by atoms with Gasteiger partial charge in [0.1, 0.15) is 58.6 Å². The van der Waals surface area contributed by atoms with E-state index in [2.05, 4.69) is 22.4 Å². The first kappa shape index (κ1) is 35.2. The summed E-state index contributed by atoms with van der Waals surface area (Å²) in [4.78, 5) is 32.8. The van der Waals surface area contributed by atoms with Crippen LogP contribution < -0.4 is 27.3 Å². The summed E-state index contributed by atoms with van der Waals surface area (Å²) >= 11 is 8.80. The van der Waals surface area contributed by atoms with Crippen LogP contribution in [0.4, 0.5) is 5.82 Å². The Hall–Kier alpha value is -4.70. The first-order valence-corrected chi connectivity index (χ1v) is 16.6.